The molecule has 0 unspecified atom stereocenters. The molecule has 180 valence electrons. The molecule has 1 saturated carbocycles. The molecule has 4 aromatic rings. The van der Waals surface area contributed by atoms with Crippen molar-refractivity contribution in [2.24, 2.45) is 0 Å². The van der Waals surface area contributed by atoms with E-state index >= 15 is 4.39 Å². The van der Waals surface area contributed by atoms with Gasteiger partial charge in [0.25, 0.3) is 0 Å². The Morgan fingerprint density at radius 1 is 1.09 bits per heavy atom. The summed E-state index contributed by atoms with van der Waals surface area (Å²) in [6.07, 6.45) is 3.87. The molecule has 2 aromatic heterocycles. The van der Waals surface area contributed by atoms with Crippen molar-refractivity contribution < 1.29 is 14.0 Å². The number of amides is 2. The number of carbonyl (C=O) groups excluding carboxylic acids is 2. The Morgan fingerprint density at radius 3 is 2.63 bits per heavy atom. The summed E-state index contributed by atoms with van der Waals surface area (Å²) < 4.78 is 16.6. The van der Waals surface area contributed by atoms with Crippen molar-refractivity contribution in [1.29, 1.82) is 0 Å². The monoisotopic (exact) mass is 491 g/mol. The molecular weight excluding hydrogens is 465 g/mol. The molecule has 5 rings (SSSR count). The van der Waals surface area contributed by atoms with Crippen LogP contribution in [0, 0.1) is 5.82 Å². The minimum atomic E-state index is -1.11. The molecule has 0 radical (unpaired) electrons. The van der Waals surface area contributed by atoms with Gasteiger partial charge in [-0.15, -0.1) is 16.4 Å². The molecule has 1 aliphatic rings. The molecule has 1 aliphatic carbocycles. The largest absolute Gasteiger partial charge is 0.351 e. The first-order valence-corrected chi connectivity index (χ1v) is 12.6. The van der Waals surface area contributed by atoms with Crippen molar-refractivity contribution in [3.05, 3.63) is 82.3 Å². The Balaban J connectivity index is 1.52. The van der Waals surface area contributed by atoms with Crippen molar-refractivity contribution in [1.82, 2.24) is 25.2 Å². The van der Waals surface area contributed by atoms with Crippen molar-refractivity contribution in [3.8, 4) is 0 Å². The van der Waals surface area contributed by atoms with Crippen molar-refractivity contribution in [2.45, 2.75) is 50.9 Å². The molecule has 2 amide bonds. The zero-order valence-electron chi connectivity index (χ0n) is 19.1. The number of nitrogens with one attached hydrogen (secondary N) is 1. The third-order valence-electron chi connectivity index (χ3n) is 6.39. The Morgan fingerprint density at radius 2 is 1.86 bits per heavy atom. The quantitative estimate of drug-likeness (QED) is 0.395. The number of carbonyl (C=O) groups is 2. The van der Waals surface area contributed by atoms with Crippen molar-refractivity contribution in [2.75, 3.05) is 0 Å². The molecule has 35 heavy (non-hydrogen) atoms. The predicted octanol–water partition coefficient (Wildman–Crippen LogP) is 4.46. The summed E-state index contributed by atoms with van der Waals surface area (Å²) in [5, 5.41) is 13.3. The first-order valence-electron chi connectivity index (χ1n) is 11.7. The lowest BCUT2D eigenvalue weighted by molar-refractivity contribution is -0.142. The number of benzene rings is 2. The van der Waals surface area contributed by atoms with E-state index in [-0.39, 0.29) is 36.5 Å². The fraction of sp³-hybridized carbons (Fsp3) is 0.308. The second-order valence-corrected chi connectivity index (χ2v) is 9.78. The summed E-state index contributed by atoms with van der Waals surface area (Å²) in [7, 11) is 0. The highest BCUT2D eigenvalue weighted by atomic mass is 32.1. The maximum Gasteiger partial charge on any atom is 0.247 e. The highest BCUT2D eigenvalue weighted by Crippen LogP contribution is 2.29. The molecule has 1 N–H and O–H groups in total. The molecular formula is C26H26FN5O2S. The van der Waals surface area contributed by atoms with Gasteiger partial charge in [0.15, 0.2) is 0 Å². The molecule has 0 aliphatic heterocycles. The Kier molecular flexibility index (Phi) is 6.85. The van der Waals surface area contributed by atoms with Crippen LogP contribution in [-0.4, -0.2) is 37.7 Å². The summed E-state index contributed by atoms with van der Waals surface area (Å²) >= 11 is 1.49. The van der Waals surface area contributed by atoms with Crippen LogP contribution in [0.5, 0.6) is 0 Å². The zero-order valence-corrected chi connectivity index (χ0v) is 20.0. The fourth-order valence-corrected chi connectivity index (χ4v) is 5.35. The number of rotatable bonds is 8. The Labute approximate surface area is 206 Å². The molecule has 1 atom stereocenters. The normalized spacial score (nSPS) is 14.8. The number of halogens is 1. The first-order chi connectivity index (χ1) is 17.1. The summed E-state index contributed by atoms with van der Waals surface area (Å²) in [5.74, 6) is -1.23. The standard InChI is InChI=1S/C26H26FN5O2S/c27-21-12-4-3-11-20(21)25(26(34)28-18-8-1-2-9-18)31(16-19-10-7-15-35-19)24(33)17-32-23-14-6-5-13-22(23)29-30-32/h3-7,10-15,18,25H,1-2,8-9,16-17H2,(H,28,34)/t25-/m1/s1. The molecule has 1 fully saturated rings. The van der Waals surface area contributed by atoms with E-state index in [2.05, 4.69) is 15.6 Å². The van der Waals surface area contributed by atoms with E-state index in [4.69, 9.17) is 0 Å². The van der Waals surface area contributed by atoms with E-state index in [1.807, 2.05) is 41.8 Å². The van der Waals surface area contributed by atoms with Crippen LogP contribution in [0.2, 0.25) is 0 Å². The van der Waals surface area contributed by atoms with E-state index in [0.717, 1.165) is 36.1 Å². The Hall–Kier alpha value is -3.59. The minimum absolute atomic E-state index is 0.0368. The predicted molar refractivity (Wildman–Crippen MR) is 132 cm³/mol. The lowest BCUT2D eigenvalue weighted by Gasteiger charge is -2.32. The summed E-state index contributed by atoms with van der Waals surface area (Å²) in [4.78, 5) is 29.8. The van der Waals surface area contributed by atoms with Crippen LogP contribution in [0.1, 0.15) is 42.2 Å². The number of para-hydroxylation sites is 1. The number of hydrogen-bond donors (Lipinski definition) is 1. The number of aromatic nitrogens is 3. The van der Waals surface area contributed by atoms with E-state index in [1.54, 1.807) is 18.2 Å². The van der Waals surface area contributed by atoms with E-state index in [9.17, 15) is 9.59 Å². The lowest BCUT2D eigenvalue weighted by Crippen LogP contribution is -2.47. The van der Waals surface area contributed by atoms with Gasteiger partial charge in [-0.25, -0.2) is 9.07 Å². The molecule has 7 nitrogen and oxygen atoms in total. The van der Waals surface area contributed by atoms with Gasteiger partial charge in [0.05, 0.1) is 12.1 Å². The van der Waals surface area contributed by atoms with Gasteiger partial charge < -0.3 is 10.2 Å². The average molecular weight is 492 g/mol. The second-order valence-electron chi connectivity index (χ2n) is 8.75. The van der Waals surface area contributed by atoms with Crippen LogP contribution < -0.4 is 5.32 Å². The topological polar surface area (TPSA) is 80.1 Å². The highest BCUT2D eigenvalue weighted by Gasteiger charge is 2.35. The molecule has 0 saturated heterocycles. The van der Waals surface area contributed by atoms with Gasteiger partial charge in [-0.05, 0) is 42.5 Å². The van der Waals surface area contributed by atoms with Gasteiger partial charge in [-0.3, -0.25) is 9.59 Å². The lowest BCUT2D eigenvalue weighted by atomic mass is 10.0. The van der Waals surface area contributed by atoms with Crippen molar-refractivity contribution >= 4 is 34.2 Å². The van der Waals surface area contributed by atoms with Gasteiger partial charge >= 0.3 is 0 Å². The fourth-order valence-electron chi connectivity index (χ4n) is 4.64. The summed E-state index contributed by atoms with van der Waals surface area (Å²) in [5.41, 5.74) is 1.57. The van der Waals surface area contributed by atoms with Gasteiger partial charge in [-0.1, -0.05) is 54.5 Å². The third-order valence-corrected chi connectivity index (χ3v) is 7.25. The van der Waals surface area contributed by atoms with Gasteiger partial charge in [0.1, 0.15) is 23.9 Å². The smallest absolute Gasteiger partial charge is 0.247 e. The van der Waals surface area contributed by atoms with Crippen LogP contribution in [0.4, 0.5) is 4.39 Å². The SMILES string of the molecule is O=C(NC1CCCC1)[C@@H](c1ccccc1F)N(Cc1cccs1)C(=O)Cn1nnc2ccccc21. The minimum Gasteiger partial charge on any atom is -0.351 e. The van der Waals surface area contributed by atoms with Gasteiger partial charge in [-0.2, -0.15) is 0 Å². The Bertz CT molecular complexity index is 1320. The summed E-state index contributed by atoms with van der Waals surface area (Å²) in [6, 6.07) is 16.3. The number of thiophene rings is 1. The van der Waals surface area contributed by atoms with E-state index in [0.29, 0.717) is 5.52 Å². The molecule has 9 heteroatoms. The first kappa shape index (κ1) is 23.2. The second kappa shape index (κ2) is 10.4. The van der Waals surface area contributed by atoms with E-state index < -0.39 is 11.9 Å². The van der Waals surface area contributed by atoms with Crippen LogP contribution in [0.25, 0.3) is 11.0 Å². The van der Waals surface area contributed by atoms with Crippen molar-refractivity contribution in [3.63, 3.8) is 0 Å². The highest BCUT2D eigenvalue weighted by molar-refractivity contribution is 7.09. The maximum atomic E-state index is 15.1. The van der Waals surface area contributed by atoms with Gasteiger partial charge in [0.2, 0.25) is 11.8 Å². The number of nitrogens with zero attached hydrogens (tertiary/aromatic N) is 4. The van der Waals surface area contributed by atoms with Crippen LogP contribution in [-0.2, 0) is 22.7 Å². The molecule has 0 spiro atoms. The molecule has 2 aromatic carbocycles. The van der Waals surface area contributed by atoms with Crippen LogP contribution in [0.15, 0.2) is 66.0 Å². The number of hydrogen-bond acceptors (Lipinski definition) is 5. The van der Waals surface area contributed by atoms with Crippen LogP contribution in [0.3, 0.4) is 0 Å². The summed E-state index contributed by atoms with van der Waals surface area (Å²) in [6.45, 7) is 0.0633. The molecule has 0 bridgehead atoms. The van der Waals surface area contributed by atoms with Crippen LogP contribution >= 0.6 is 11.3 Å². The average Bonchev–Trinajstić information content (AvgIpc) is 3.63. The third kappa shape index (κ3) is 5.09. The maximum absolute atomic E-state index is 15.1. The number of fused-ring (bicyclic) bond motifs is 1. The van der Waals surface area contributed by atoms with Gasteiger partial charge in [0, 0.05) is 16.5 Å². The zero-order chi connectivity index (χ0) is 24.2. The van der Waals surface area contributed by atoms with E-state index in [1.165, 1.54) is 27.0 Å². The molecule has 2 heterocycles.